The third-order valence-electron chi connectivity index (χ3n) is 5.66. The predicted octanol–water partition coefficient (Wildman–Crippen LogP) is 6.12. The van der Waals surface area contributed by atoms with Crippen LogP contribution in [0.1, 0.15) is 87.3 Å². The van der Waals surface area contributed by atoms with Crippen molar-refractivity contribution in [1.29, 1.82) is 0 Å². The number of rotatable bonds is 5. The van der Waals surface area contributed by atoms with E-state index in [1.807, 2.05) is 0 Å². The summed E-state index contributed by atoms with van der Waals surface area (Å²) in [5.41, 5.74) is 22.4. The van der Waals surface area contributed by atoms with Gasteiger partial charge >= 0.3 is 0 Å². The summed E-state index contributed by atoms with van der Waals surface area (Å²) in [6.07, 6.45) is 2.88. The van der Waals surface area contributed by atoms with Crippen molar-refractivity contribution in [3.63, 3.8) is 0 Å². The first-order chi connectivity index (χ1) is 12.1. The standard InChI is InChI=1S/C24H36N2/c1-8-15(3)18-11-17(9-2)23(26)19(12-18)13-20-14-21(24(5,6)7)10-16(4)22(20)25/h10-12,14-15H,8-9,13,25-26H2,1-7H3. The number of benzene rings is 2. The first kappa shape index (κ1) is 20.4. The minimum absolute atomic E-state index is 0.103. The minimum atomic E-state index is 0.103. The highest BCUT2D eigenvalue weighted by Gasteiger charge is 2.18. The summed E-state index contributed by atoms with van der Waals surface area (Å²) in [5, 5.41) is 0. The molecule has 26 heavy (non-hydrogen) atoms. The van der Waals surface area contributed by atoms with Crippen molar-refractivity contribution in [2.45, 2.75) is 79.1 Å². The third kappa shape index (κ3) is 4.23. The maximum absolute atomic E-state index is 6.52. The van der Waals surface area contributed by atoms with Gasteiger partial charge in [0.1, 0.15) is 0 Å². The van der Waals surface area contributed by atoms with Crippen molar-refractivity contribution in [3.8, 4) is 0 Å². The average Bonchev–Trinajstić information content (AvgIpc) is 2.58. The van der Waals surface area contributed by atoms with E-state index in [9.17, 15) is 0 Å². The molecular weight excluding hydrogens is 316 g/mol. The molecule has 0 radical (unpaired) electrons. The second-order valence-electron chi connectivity index (χ2n) is 8.71. The lowest BCUT2D eigenvalue weighted by Gasteiger charge is -2.23. The number of anilines is 2. The Morgan fingerprint density at radius 1 is 0.885 bits per heavy atom. The molecular formula is C24H36N2. The van der Waals surface area contributed by atoms with Crippen molar-refractivity contribution in [3.05, 3.63) is 57.6 Å². The first-order valence-electron chi connectivity index (χ1n) is 9.89. The molecule has 0 aromatic heterocycles. The van der Waals surface area contributed by atoms with Gasteiger partial charge in [-0.2, -0.15) is 0 Å². The van der Waals surface area contributed by atoms with Crippen molar-refractivity contribution in [2.75, 3.05) is 11.5 Å². The SMILES string of the molecule is CCc1cc(C(C)CC)cc(Cc2cc(C(C)(C)C)cc(C)c2N)c1N. The van der Waals surface area contributed by atoms with Crippen molar-refractivity contribution < 1.29 is 0 Å². The second-order valence-corrected chi connectivity index (χ2v) is 8.71. The lowest BCUT2D eigenvalue weighted by molar-refractivity contribution is 0.589. The Morgan fingerprint density at radius 2 is 1.46 bits per heavy atom. The fraction of sp³-hybridized carbons (Fsp3) is 0.500. The molecule has 1 unspecified atom stereocenters. The number of aryl methyl sites for hydroxylation is 2. The molecule has 0 aliphatic heterocycles. The Hall–Kier alpha value is -1.96. The molecule has 0 saturated heterocycles. The van der Waals surface area contributed by atoms with Crippen LogP contribution in [0.25, 0.3) is 0 Å². The van der Waals surface area contributed by atoms with Gasteiger partial charge in [-0.15, -0.1) is 0 Å². The molecule has 2 aromatic rings. The van der Waals surface area contributed by atoms with E-state index in [0.717, 1.165) is 36.2 Å². The van der Waals surface area contributed by atoms with Gasteiger partial charge in [-0.3, -0.25) is 0 Å². The lowest BCUT2D eigenvalue weighted by atomic mass is 9.83. The zero-order valence-corrected chi connectivity index (χ0v) is 17.7. The van der Waals surface area contributed by atoms with Gasteiger partial charge in [-0.25, -0.2) is 0 Å². The van der Waals surface area contributed by atoms with E-state index in [1.165, 1.54) is 27.8 Å². The van der Waals surface area contributed by atoms with E-state index in [-0.39, 0.29) is 5.41 Å². The van der Waals surface area contributed by atoms with Crippen LogP contribution in [0.15, 0.2) is 24.3 Å². The quantitative estimate of drug-likeness (QED) is 0.636. The fourth-order valence-corrected chi connectivity index (χ4v) is 3.42. The Morgan fingerprint density at radius 3 is 2.00 bits per heavy atom. The van der Waals surface area contributed by atoms with E-state index < -0.39 is 0 Å². The minimum Gasteiger partial charge on any atom is -0.398 e. The van der Waals surface area contributed by atoms with Crippen LogP contribution in [0, 0.1) is 6.92 Å². The van der Waals surface area contributed by atoms with Crippen LogP contribution in [0.5, 0.6) is 0 Å². The highest BCUT2D eigenvalue weighted by atomic mass is 14.6. The summed E-state index contributed by atoms with van der Waals surface area (Å²) in [7, 11) is 0. The van der Waals surface area contributed by atoms with Crippen molar-refractivity contribution in [2.24, 2.45) is 0 Å². The maximum Gasteiger partial charge on any atom is 0.0382 e. The largest absolute Gasteiger partial charge is 0.398 e. The molecule has 0 aliphatic carbocycles. The Balaban J connectivity index is 2.56. The summed E-state index contributed by atoms with van der Waals surface area (Å²) in [6.45, 7) is 15.5. The number of hydrogen-bond donors (Lipinski definition) is 2. The molecule has 0 amide bonds. The summed E-state index contributed by atoms with van der Waals surface area (Å²) < 4.78 is 0. The van der Waals surface area contributed by atoms with Gasteiger partial charge in [-0.1, -0.05) is 65.8 Å². The number of nitrogen functional groups attached to an aromatic ring is 2. The topological polar surface area (TPSA) is 52.0 Å². The molecule has 2 heteroatoms. The van der Waals surface area contributed by atoms with E-state index in [1.54, 1.807) is 0 Å². The van der Waals surface area contributed by atoms with Crippen LogP contribution in [-0.2, 0) is 18.3 Å². The fourth-order valence-electron chi connectivity index (χ4n) is 3.42. The van der Waals surface area contributed by atoms with Crippen LogP contribution < -0.4 is 11.5 Å². The number of hydrogen-bond acceptors (Lipinski definition) is 2. The van der Waals surface area contributed by atoms with Crippen molar-refractivity contribution >= 4 is 11.4 Å². The summed E-state index contributed by atoms with van der Waals surface area (Å²) in [5.74, 6) is 0.541. The zero-order chi connectivity index (χ0) is 19.6. The van der Waals surface area contributed by atoms with Crippen LogP contribution in [-0.4, -0.2) is 0 Å². The average molecular weight is 353 g/mol. The Labute approximate surface area is 160 Å². The Bertz CT molecular complexity index is 782. The normalized spacial score (nSPS) is 13.0. The molecule has 142 valence electrons. The van der Waals surface area contributed by atoms with Crippen molar-refractivity contribution in [1.82, 2.24) is 0 Å². The van der Waals surface area contributed by atoms with Gasteiger partial charge in [0, 0.05) is 17.8 Å². The number of nitrogens with two attached hydrogens (primary N) is 2. The molecule has 0 aliphatic rings. The van der Waals surface area contributed by atoms with E-state index in [4.69, 9.17) is 11.5 Å². The monoisotopic (exact) mass is 352 g/mol. The van der Waals surface area contributed by atoms with Gasteiger partial charge in [0.15, 0.2) is 0 Å². The van der Waals surface area contributed by atoms with E-state index in [2.05, 4.69) is 72.7 Å². The molecule has 0 saturated carbocycles. The molecule has 2 aromatic carbocycles. The van der Waals surface area contributed by atoms with Gasteiger partial charge in [-0.05, 0) is 64.5 Å². The zero-order valence-electron chi connectivity index (χ0n) is 17.7. The van der Waals surface area contributed by atoms with Crippen LogP contribution in [0.4, 0.5) is 11.4 Å². The van der Waals surface area contributed by atoms with E-state index >= 15 is 0 Å². The van der Waals surface area contributed by atoms with Crippen LogP contribution in [0.3, 0.4) is 0 Å². The summed E-state index contributed by atoms with van der Waals surface area (Å²) >= 11 is 0. The molecule has 0 heterocycles. The summed E-state index contributed by atoms with van der Waals surface area (Å²) in [6, 6.07) is 9.06. The van der Waals surface area contributed by atoms with Crippen LogP contribution in [0.2, 0.25) is 0 Å². The van der Waals surface area contributed by atoms with Gasteiger partial charge in [0.05, 0.1) is 0 Å². The molecule has 2 rings (SSSR count). The molecule has 0 bridgehead atoms. The first-order valence-corrected chi connectivity index (χ1v) is 9.89. The molecule has 0 fully saturated rings. The van der Waals surface area contributed by atoms with Crippen LogP contribution >= 0.6 is 0 Å². The predicted molar refractivity (Wildman–Crippen MR) is 116 cm³/mol. The lowest BCUT2D eigenvalue weighted by Crippen LogP contribution is -2.13. The summed E-state index contributed by atoms with van der Waals surface area (Å²) in [4.78, 5) is 0. The van der Waals surface area contributed by atoms with Gasteiger partial charge in [0.25, 0.3) is 0 Å². The smallest absolute Gasteiger partial charge is 0.0382 e. The molecule has 2 nitrogen and oxygen atoms in total. The second kappa shape index (κ2) is 7.73. The highest BCUT2D eigenvalue weighted by Crippen LogP contribution is 2.33. The third-order valence-corrected chi connectivity index (χ3v) is 5.66. The van der Waals surface area contributed by atoms with Gasteiger partial charge in [0.2, 0.25) is 0 Å². The molecule has 0 spiro atoms. The van der Waals surface area contributed by atoms with Gasteiger partial charge < -0.3 is 11.5 Å². The maximum atomic E-state index is 6.52. The highest BCUT2D eigenvalue weighted by molar-refractivity contribution is 5.62. The van der Waals surface area contributed by atoms with E-state index in [0.29, 0.717) is 5.92 Å². The Kier molecular flexibility index (Phi) is 6.05. The molecule has 1 atom stereocenters. The molecule has 4 N–H and O–H groups in total.